The van der Waals surface area contributed by atoms with Gasteiger partial charge in [0, 0.05) is 45.8 Å². The van der Waals surface area contributed by atoms with Crippen molar-refractivity contribution in [1.82, 2.24) is 4.98 Å². The third kappa shape index (κ3) is 2.63. The minimum Gasteiger partial charge on any atom is -0.390 e. The number of ether oxygens (including phenoxy) is 2. The van der Waals surface area contributed by atoms with Gasteiger partial charge in [-0.3, -0.25) is 0 Å². The maximum Gasteiger partial charge on any atom is 0.126 e. The third-order valence-corrected chi connectivity index (χ3v) is 3.69. The van der Waals surface area contributed by atoms with Gasteiger partial charge in [-0.15, -0.1) is 0 Å². The van der Waals surface area contributed by atoms with Crippen LogP contribution in [0.25, 0.3) is 0 Å². The van der Waals surface area contributed by atoms with Crippen LogP contribution in [0.5, 0.6) is 0 Å². The van der Waals surface area contributed by atoms with Gasteiger partial charge in [0.15, 0.2) is 0 Å². The van der Waals surface area contributed by atoms with Gasteiger partial charge in [0.1, 0.15) is 5.82 Å². The average Bonchev–Trinajstić information content (AvgIpc) is 2.42. The average molecular weight is 252 g/mol. The molecule has 1 saturated heterocycles. The maximum absolute atomic E-state index is 10.4. The summed E-state index contributed by atoms with van der Waals surface area (Å²) in [6.45, 7) is 1.24. The van der Waals surface area contributed by atoms with Crippen molar-refractivity contribution in [3.63, 3.8) is 0 Å². The molecule has 0 amide bonds. The van der Waals surface area contributed by atoms with E-state index in [0.717, 1.165) is 5.56 Å². The molecule has 5 heteroatoms. The second-order valence-corrected chi connectivity index (χ2v) is 4.65. The fourth-order valence-corrected chi connectivity index (χ4v) is 2.41. The molecular weight excluding hydrogens is 232 g/mol. The summed E-state index contributed by atoms with van der Waals surface area (Å²) >= 11 is 0. The Morgan fingerprint density at radius 3 is 2.89 bits per heavy atom. The molecule has 1 aromatic heterocycles. The quantitative estimate of drug-likeness (QED) is 0.827. The highest BCUT2D eigenvalue weighted by atomic mass is 16.5. The first-order valence-corrected chi connectivity index (χ1v) is 6.18. The smallest absolute Gasteiger partial charge is 0.126 e. The highest BCUT2D eigenvalue weighted by Crippen LogP contribution is 2.30. The number of nitrogens with zero attached hydrogens (tertiary/aromatic N) is 1. The Kier molecular flexibility index (Phi) is 4.16. The number of methoxy groups -OCH3 is 1. The van der Waals surface area contributed by atoms with Crippen molar-refractivity contribution >= 4 is 5.82 Å². The van der Waals surface area contributed by atoms with Crippen LogP contribution in [0.15, 0.2) is 18.3 Å². The van der Waals surface area contributed by atoms with E-state index in [9.17, 15) is 5.11 Å². The van der Waals surface area contributed by atoms with Crippen LogP contribution in [-0.4, -0.2) is 42.1 Å². The fourth-order valence-electron chi connectivity index (χ4n) is 2.41. The second kappa shape index (κ2) is 5.65. The lowest BCUT2D eigenvalue weighted by molar-refractivity contribution is -0.151. The van der Waals surface area contributed by atoms with Crippen molar-refractivity contribution in [1.29, 1.82) is 0 Å². The van der Waals surface area contributed by atoms with Gasteiger partial charge in [-0.25, -0.2) is 4.98 Å². The summed E-state index contributed by atoms with van der Waals surface area (Å²) in [5.41, 5.74) is 6.12. The van der Waals surface area contributed by atoms with Crippen LogP contribution in [0.2, 0.25) is 0 Å². The molecule has 1 aliphatic rings. The Morgan fingerprint density at radius 2 is 2.28 bits per heavy atom. The molecule has 2 heterocycles. The van der Waals surface area contributed by atoms with Crippen molar-refractivity contribution in [2.24, 2.45) is 0 Å². The van der Waals surface area contributed by atoms with E-state index < -0.39 is 11.7 Å². The molecule has 1 atom stereocenters. The lowest BCUT2D eigenvalue weighted by Crippen LogP contribution is -2.49. The molecule has 3 N–H and O–H groups in total. The van der Waals surface area contributed by atoms with Gasteiger partial charge in [0.2, 0.25) is 0 Å². The zero-order chi connectivity index (χ0) is 13.0. The molecule has 0 aliphatic carbocycles. The summed E-state index contributed by atoms with van der Waals surface area (Å²) in [7, 11) is 1.64. The molecular formula is C13H20N2O3. The first kappa shape index (κ1) is 13.3. The van der Waals surface area contributed by atoms with E-state index in [-0.39, 0.29) is 0 Å². The number of aliphatic hydroxyl groups excluding tert-OH is 1. The molecule has 1 aliphatic heterocycles. The minimum absolute atomic E-state index is 0.452. The predicted octanol–water partition coefficient (Wildman–Crippen LogP) is 0.763. The zero-order valence-electron chi connectivity index (χ0n) is 10.6. The fraction of sp³-hybridized carbons (Fsp3) is 0.615. The van der Waals surface area contributed by atoms with Crippen LogP contribution in [0.1, 0.15) is 18.4 Å². The van der Waals surface area contributed by atoms with Gasteiger partial charge >= 0.3 is 0 Å². The number of aromatic nitrogens is 1. The van der Waals surface area contributed by atoms with E-state index in [0.29, 0.717) is 38.3 Å². The van der Waals surface area contributed by atoms with E-state index in [4.69, 9.17) is 15.2 Å². The van der Waals surface area contributed by atoms with Gasteiger partial charge < -0.3 is 20.3 Å². The highest BCUT2D eigenvalue weighted by Gasteiger charge is 2.39. The first-order valence-electron chi connectivity index (χ1n) is 6.18. The van der Waals surface area contributed by atoms with Gasteiger partial charge in [-0.2, -0.15) is 0 Å². The van der Waals surface area contributed by atoms with E-state index in [1.54, 1.807) is 13.3 Å². The second-order valence-electron chi connectivity index (χ2n) is 4.65. The van der Waals surface area contributed by atoms with Crippen LogP contribution in [0, 0.1) is 0 Å². The van der Waals surface area contributed by atoms with E-state index in [1.165, 1.54) is 0 Å². The highest BCUT2D eigenvalue weighted by molar-refractivity contribution is 5.39. The molecule has 0 spiro atoms. The Hall–Kier alpha value is -1.17. The summed E-state index contributed by atoms with van der Waals surface area (Å²) in [5, 5.41) is 10.4. The molecule has 0 saturated carbocycles. The zero-order valence-corrected chi connectivity index (χ0v) is 10.6. The summed E-state index contributed by atoms with van der Waals surface area (Å²) in [6, 6.07) is 3.70. The molecule has 2 rings (SSSR count). The number of hydrogen-bond donors (Lipinski definition) is 2. The first-order chi connectivity index (χ1) is 8.68. The summed E-state index contributed by atoms with van der Waals surface area (Å²) in [6.07, 6.45) is 2.90. The summed E-state index contributed by atoms with van der Waals surface area (Å²) in [4.78, 5) is 4.03. The summed E-state index contributed by atoms with van der Waals surface area (Å²) in [5.74, 6) is 0.467. The van der Waals surface area contributed by atoms with E-state index in [1.807, 2.05) is 12.1 Å². The number of hydrogen-bond acceptors (Lipinski definition) is 5. The normalized spacial score (nSPS) is 20.6. The van der Waals surface area contributed by atoms with Crippen molar-refractivity contribution in [3.8, 4) is 0 Å². The van der Waals surface area contributed by atoms with Gasteiger partial charge in [-0.05, 0) is 11.6 Å². The lowest BCUT2D eigenvalue weighted by Gasteiger charge is -2.39. The molecule has 1 fully saturated rings. The number of anilines is 1. The maximum atomic E-state index is 10.4. The van der Waals surface area contributed by atoms with E-state index >= 15 is 0 Å². The molecule has 0 aromatic carbocycles. The molecule has 18 heavy (non-hydrogen) atoms. The molecule has 100 valence electrons. The lowest BCUT2D eigenvalue weighted by atomic mass is 9.85. The predicted molar refractivity (Wildman–Crippen MR) is 68.2 cm³/mol. The van der Waals surface area contributed by atoms with Crippen molar-refractivity contribution < 1.29 is 14.6 Å². The van der Waals surface area contributed by atoms with Gasteiger partial charge in [0.25, 0.3) is 0 Å². The van der Waals surface area contributed by atoms with Crippen LogP contribution < -0.4 is 5.73 Å². The van der Waals surface area contributed by atoms with Crippen LogP contribution in [0.3, 0.4) is 0 Å². The van der Waals surface area contributed by atoms with Crippen molar-refractivity contribution in [2.45, 2.75) is 31.0 Å². The minimum atomic E-state index is -0.599. The topological polar surface area (TPSA) is 77.6 Å². The molecule has 0 radical (unpaired) electrons. The number of nitrogen functional groups attached to an aromatic ring is 1. The number of aliphatic hydroxyl groups is 1. The Bertz CT molecular complexity index is 392. The Labute approximate surface area is 107 Å². The van der Waals surface area contributed by atoms with Crippen LogP contribution in [0.4, 0.5) is 5.82 Å². The van der Waals surface area contributed by atoms with Crippen molar-refractivity contribution in [2.75, 3.05) is 26.1 Å². The SMILES string of the molecule is COC1(C(O)Cc2cccnc2N)CCOCC1. The standard InChI is InChI=1S/C13H20N2O3/c1-17-13(4-7-18-8-5-13)11(16)9-10-3-2-6-15-12(10)14/h2-3,6,11,16H,4-5,7-9H2,1H3,(H2,14,15). The van der Waals surface area contributed by atoms with Gasteiger partial charge in [-0.1, -0.05) is 6.07 Å². The Morgan fingerprint density at radius 1 is 1.56 bits per heavy atom. The van der Waals surface area contributed by atoms with Gasteiger partial charge in [0.05, 0.1) is 11.7 Å². The molecule has 1 aromatic rings. The number of nitrogens with two attached hydrogens (primary N) is 1. The van der Waals surface area contributed by atoms with Crippen LogP contribution >= 0.6 is 0 Å². The summed E-state index contributed by atoms with van der Waals surface area (Å²) < 4.78 is 10.9. The number of pyridine rings is 1. The van der Waals surface area contributed by atoms with Crippen molar-refractivity contribution in [3.05, 3.63) is 23.9 Å². The molecule has 1 unspecified atom stereocenters. The number of rotatable bonds is 4. The van der Waals surface area contributed by atoms with Crippen LogP contribution in [-0.2, 0) is 15.9 Å². The largest absolute Gasteiger partial charge is 0.390 e. The molecule has 0 bridgehead atoms. The monoisotopic (exact) mass is 252 g/mol. The third-order valence-electron chi connectivity index (χ3n) is 3.69. The Balaban J connectivity index is 2.10. The van der Waals surface area contributed by atoms with E-state index in [2.05, 4.69) is 4.98 Å². The molecule has 5 nitrogen and oxygen atoms in total.